The summed E-state index contributed by atoms with van der Waals surface area (Å²) in [4.78, 5) is 32.2. The summed E-state index contributed by atoms with van der Waals surface area (Å²) in [5, 5.41) is 11.8. The molecule has 7 nitrogen and oxygen atoms in total. The molecule has 2 aliphatic rings. The van der Waals surface area contributed by atoms with Crippen LogP contribution >= 0.6 is 23.1 Å². The number of urea groups is 1. The van der Waals surface area contributed by atoms with Crippen molar-refractivity contribution in [1.29, 1.82) is 0 Å². The van der Waals surface area contributed by atoms with Crippen LogP contribution in [0.4, 0.5) is 9.93 Å². The molecule has 3 amide bonds. The standard InChI is InChI=1S/C18H21N5O2S2/c24-15(22-18-21-12(9-27-18)11-5-3-4-8-19-11)7-2-1-6-14-16-13(10-26-14)20-17(25)23-16/h3-5,8-9,13-14,16H,1-2,6-7,10H2,(H2,20,23,25)(H,21,22,24)/t13-,14+,16-/m1/s1. The van der Waals surface area contributed by atoms with Gasteiger partial charge in [-0.15, -0.1) is 11.3 Å². The smallest absolute Gasteiger partial charge is 0.315 e. The molecule has 0 radical (unpaired) electrons. The number of fused-ring (bicyclic) bond motifs is 1. The normalized spacial score (nSPS) is 23.6. The first kappa shape index (κ1) is 18.2. The van der Waals surface area contributed by atoms with Gasteiger partial charge >= 0.3 is 6.03 Å². The Morgan fingerprint density at radius 3 is 3.04 bits per heavy atom. The topological polar surface area (TPSA) is 96.0 Å². The number of hydrogen-bond donors (Lipinski definition) is 3. The van der Waals surface area contributed by atoms with E-state index in [1.165, 1.54) is 11.3 Å². The summed E-state index contributed by atoms with van der Waals surface area (Å²) >= 11 is 3.32. The molecule has 2 aromatic heterocycles. The van der Waals surface area contributed by atoms with Crippen LogP contribution in [0.2, 0.25) is 0 Å². The van der Waals surface area contributed by atoms with Crippen molar-refractivity contribution >= 4 is 40.2 Å². The van der Waals surface area contributed by atoms with E-state index >= 15 is 0 Å². The second-order valence-corrected chi connectivity index (χ2v) is 8.80. The van der Waals surface area contributed by atoms with Crippen LogP contribution in [0.1, 0.15) is 25.7 Å². The lowest BCUT2D eigenvalue weighted by molar-refractivity contribution is -0.116. The van der Waals surface area contributed by atoms with Crippen LogP contribution < -0.4 is 16.0 Å². The molecule has 4 heterocycles. The minimum absolute atomic E-state index is 0.00953. The Balaban J connectivity index is 1.18. The predicted molar refractivity (Wildman–Crippen MR) is 108 cm³/mol. The molecule has 0 aliphatic carbocycles. The lowest BCUT2D eigenvalue weighted by Gasteiger charge is -2.16. The first-order valence-electron chi connectivity index (χ1n) is 9.04. The van der Waals surface area contributed by atoms with E-state index in [1.807, 2.05) is 35.3 Å². The first-order chi connectivity index (χ1) is 13.2. The van der Waals surface area contributed by atoms with Gasteiger partial charge in [-0.2, -0.15) is 11.8 Å². The molecule has 3 N–H and O–H groups in total. The number of hydrogen-bond acceptors (Lipinski definition) is 6. The fraction of sp³-hybridized carbons (Fsp3) is 0.444. The van der Waals surface area contributed by atoms with E-state index in [2.05, 4.69) is 25.9 Å². The van der Waals surface area contributed by atoms with E-state index in [9.17, 15) is 9.59 Å². The van der Waals surface area contributed by atoms with Gasteiger partial charge in [0.2, 0.25) is 5.91 Å². The summed E-state index contributed by atoms with van der Waals surface area (Å²) in [7, 11) is 0. The highest BCUT2D eigenvalue weighted by molar-refractivity contribution is 8.00. The largest absolute Gasteiger partial charge is 0.332 e. The van der Waals surface area contributed by atoms with Crippen LogP contribution in [-0.4, -0.2) is 45.0 Å². The quantitative estimate of drug-likeness (QED) is 0.488. The Hall–Kier alpha value is -2.13. The van der Waals surface area contributed by atoms with Crippen molar-refractivity contribution in [3.63, 3.8) is 0 Å². The Bertz CT molecular complexity index is 813. The number of nitrogens with zero attached hydrogens (tertiary/aromatic N) is 2. The van der Waals surface area contributed by atoms with Crippen LogP contribution in [0.25, 0.3) is 11.4 Å². The molecular formula is C18H21N5O2S2. The van der Waals surface area contributed by atoms with Gasteiger partial charge in [0.05, 0.1) is 17.8 Å². The maximum atomic E-state index is 12.1. The van der Waals surface area contributed by atoms with E-state index < -0.39 is 0 Å². The molecule has 2 fully saturated rings. The zero-order valence-electron chi connectivity index (χ0n) is 14.7. The number of nitrogens with one attached hydrogen (secondary N) is 3. The highest BCUT2D eigenvalue weighted by Crippen LogP contribution is 2.33. The Kier molecular flexibility index (Phi) is 5.58. The number of rotatable bonds is 7. The summed E-state index contributed by atoms with van der Waals surface area (Å²) in [6.45, 7) is 0. The Morgan fingerprint density at radius 2 is 2.19 bits per heavy atom. The molecule has 0 unspecified atom stereocenters. The maximum Gasteiger partial charge on any atom is 0.315 e. The molecule has 0 spiro atoms. The Labute approximate surface area is 165 Å². The molecule has 2 saturated heterocycles. The first-order valence-corrected chi connectivity index (χ1v) is 11.0. The van der Waals surface area contributed by atoms with Gasteiger partial charge in [-0.3, -0.25) is 9.78 Å². The van der Waals surface area contributed by atoms with Crippen LogP contribution in [-0.2, 0) is 4.79 Å². The van der Waals surface area contributed by atoms with E-state index in [-0.39, 0.29) is 24.0 Å². The second kappa shape index (κ2) is 8.26. The maximum absolute atomic E-state index is 12.1. The minimum Gasteiger partial charge on any atom is -0.332 e. The molecule has 3 atom stereocenters. The van der Waals surface area contributed by atoms with Crippen LogP contribution in [0.15, 0.2) is 29.8 Å². The average Bonchev–Trinajstić information content (AvgIpc) is 3.36. The van der Waals surface area contributed by atoms with Gasteiger partial charge in [0.15, 0.2) is 5.13 Å². The molecule has 2 aromatic rings. The molecule has 0 bridgehead atoms. The third-order valence-electron chi connectivity index (χ3n) is 4.76. The number of anilines is 1. The van der Waals surface area contributed by atoms with Crippen molar-refractivity contribution in [2.75, 3.05) is 11.1 Å². The SMILES string of the molecule is O=C(CCCC[C@@H]1SC[C@H]2NC(=O)N[C@@H]12)Nc1nc(-c2ccccn2)cs1. The molecule has 142 valence electrons. The Morgan fingerprint density at radius 1 is 1.26 bits per heavy atom. The zero-order chi connectivity index (χ0) is 18.6. The van der Waals surface area contributed by atoms with Crippen LogP contribution in [0.3, 0.4) is 0 Å². The molecule has 0 aromatic carbocycles. The van der Waals surface area contributed by atoms with E-state index in [4.69, 9.17) is 0 Å². The minimum atomic E-state index is -0.0526. The molecule has 4 rings (SSSR count). The van der Waals surface area contributed by atoms with Gasteiger partial charge < -0.3 is 16.0 Å². The lowest BCUT2D eigenvalue weighted by Crippen LogP contribution is -2.36. The van der Waals surface area contributed by atoms with Crippen LogP contribution in [0, 0.1) is 0 Å². The third-order valence-corrected chi connectivity index (χ3v) is 7.02. The third kappa shape index (κ3) is 4.41. The monoisotopic (exact) mass is 403 g/mol. The van der Waals surface area contributed by atoms with Crippen molar-refractivity contribution in [3.05, 3.63) is 29.8 Å². The van der Waals surface area contributed by atoms with Crippen molar-refractivity contribution in [2.24, 2.45) is 0 Å². The number of aromatic nitrogens is 2. The number of pyridine rings is 1. The number of carbonyl (C=O) groups excluding carboxylic acids is 2. The lowest BCUT2D eigenvalue weighted by atomic mass is 10.0. The number of unbranched alkanes of at least 4 members (excludes halogenated alkanes) is 1. The molecule has 9 heteroatoms. The van der Waals surface area contributed by atoms with Gasteiger partial charge in [0.25, 0.3) is 0 Å². The van der Waals surface area contributed by atoms with Gasteiger partial charge in [0.1, 0.15) is 5.69 Å². The average molecular weight is 404 g/mol. The van der Waals surface area contributed by atoms with E-state index in [0.717, 1.165) is 36.4 Å². The number of amides is 3. The van der Waals surface area contributed by atoms with Crippen LogP contribution in [0.5, 0.6) is 0 Å². The summed E-state index contributed by atoms with van der Waals surface area (Å²) in [5.74, 6) is 0.960. The fourth-order valence-corrected chi connectivity index (χ4v) is 5.68. The van der Waals surface area contributed by atoms with Gasteiger partial charge in [-0.05, 0) is 25.0 Å². The zero-order valence-corrected chi connectivity index (χ0v) is 16.3. The summed E-state index contributed by atoms with van der Waals surface area (Å²) < 4.78 is 0. The number of thiazole rings is 1. The van der Waals surface area contributed by atoms with Crippen molar-refractivity contribution in [1.82, 2.24) is 20.6 Å². The van der Waals surface area contributed by atoms with Gasteiger partial charge in [0, 0.05) is 29.0 Å². The van der Waals surface area contributed by atoms with E-state index in [1.54, 1.807) is 6.20 Å². The van der Waals surface area contributed by atoms with Gasteiger partial charge in [-0.1, -0.05) is 12.5 Å². The number of thioether (sulfide) groups is 1. The van der Waals surface area contributed by atoms with Crippen molar-refractivity contribution in [2.45, 2.75) is 43.0 Å². The fourth-order valence-electron chi connectivity index (χ4n) is 3.42. The highest BCUT2D eigenvalue weighted by Gasteiger charge is 2.42. The van der Waals surface area contributed by atoms with Crippen molar-refractivity contribution in [3.8, 4) is 11.4 Å². The van der Waals surface area contributed by atoms with E-state index in [0.29, 0.717) is 16.8 Å². The molecule has 2 aliphatic heterocycles. The molecule has 27 heavy (non-hydrogen) atoms. The molecular weight excluding hydrogens is 382 g/mol. The second-order valence-electron chi connectivity index (χ2n) is 6.67. The summed E-state index contributed by atoms with van der Waals surface area (Å²) in [6, 6.07) is 6.11. The summed E-state index contributed by atoms with van der Waals surface area (Å²) in [6.07, 6.45) is 5.03. The number of carbonyl (C=O) groups is 2. The molecule has 0 saturated carbocycles. The summed E-state index contributed by atoms with van der Waals surface area (Å²) in [5.41, 5.74) is 1.58. The van der Waals surface area contributed by atoms with Crippen molar-refractivity contribution < 1.29 is 9.59 Å². The predicted octanol–water partition coefficient (Wildman–Crippen LogP) is 2.87. The van der Waals surface area contributed by atoms with Gasteiger partial charge in [-0.25, -0.2) is 9.78 Å². The highest BCUT2D eigenvalue weighted by atomic mass is 32.2.